The standard InChI is InChI=1S/C19H27N3O2/c1-13-10-22(11-14(2)24-13)12-16-18(15-5-8-23-9-6-15)21-17-4-3-7-20-19(16)17/h3-4,7,13-15,21H,5-6,8-12H2,1-2H3. The van der Waals surface area contributed by atoms with Gasteiger partial charge in [-0.1, -0.05) is 0 Å². The summed E-state index contributed by atoms with van der Waals surface area (Å²) in [6.45, 7) is 8.96. The largest absolute Gasteiger partial charge is 0.381 e. The molecule has 0 saturated carbocycles. The van der Waals surface area contributed by atoms with Crippen LogP contribution >= 0.6 is 0 Å². The lowest BCUT2D eigenvalue weighted by atomic mass is 9.93. The van der Waals surface area contributed by atoms with E-state index in [4.69, 9.17) is 9.47 Å². The molecule has 0 aromatic carbocycles. The number of aromatic nitrogens is 2. The van der Waals surface area contributed by atoms with Crippen molar-refractivity contribution in [1.29, 1.82) is 0 Å². The van der Waals surface area contributed by atoms with Gasteiger partial charge in [-0.2, -0.15) is 0 Å². The summed E-state index contributed by atoms with van der Waals surface area (Å²) in [5, 5.41) is 0. The highest BCUT2D eigenvalue weighted by Crippen LogP contribution is 2.33. The number of pyridine rings is 1. The lowest BCUT2D eigenvalue weighted by molar-refractivity contribution is -0.0705. The first-order chi connectivity index (χ1) is 11.7. The first kappa shape index (κ1) is 16.1. The minimum Gasteiger partial charge on any atom is -0.381 e. The van der Waals surface area contributed by atoms with E-state index in [2.05, 4.69) is 34.8 Å². The number of hydrogen-bond donors (Lipinski definition) is 1. The summed E-state index contributed by atoms with van der Waals surface area (Å²) >= 11 is 0. The molecule has 130 valence electrons. The summed E-state index contributed by atoms with van der Waals surface area (Å²) < 4.78 is 11.4. The summed E-state index contributed by atoms with van der Waals surface area (Å²) in [5.74, 6) is 0.554. The molecule has 4 rings (SSSR count). The molecule has 24 heavy (non-hydrogen) atoms. The number of nitrogens with zero attached hydrogens (tertiary/aromatic N) is 2. The van der Waals surface area contributed by atoms with Crippen LogP contribution in [0.2, 0.25) is 0 Å². The molecular weight excluding hydrogens is 302 g/mol. The summed E-state index contributed by atoms with van der Waals surface area (Å²) in [4.78, 5) is 10.9. The Hall–Kier alpha value is -1.43. The molecule has 0 radical (unpaired) electrons. The molecule has 0 spiro atoms. The quantitative estimate of drug-likeness (QED) is 0.940. The molecule has 4 heterocycles. The van der Waals surface area contributed by atoms with Crippen molar-refractivity contribution in [2.75, 3.05) is 26.3 Å². The minimum atomic E-state index is 0.290. The third kappa shape index (κ3) is 3.21. The number of nitrogens with one attached hydrogen (secondary N) is 1. The molecular formula is C19H27N3O2. The maximum atomic E-state index is 5.89. The predicted octanol–water partition coefficient (Wildman–Crippen LogP) is 3.07. The Morgan fingerprint density at radius 3 is 2.71 bits per heavy atom. The Labute approximate surface area is 143 Å². The number of morpholine rings is 1. The second-order valence-electron chi connectivity index (χ2n) is 7.25. The molecule has 0 aliphatic carbocycles. The number of rotatable bonds is 3. The van der Waals surface area contributed by atoms with Crippen LogP contribution in [0.5, 0.6) is 0 Å². The van der Waals surface area contributed by atoms with Crippen molar-refractivity contribution in [3.63, 3.8) is 0 Å². The van der Waals surface area contributed by atoms with E-state index in [0.29, 0.717) is 18.1 Å². The van der Waals surface area contributed by atoms with Crippen LogP contribution < -0.4 is 0 Å². The Morgan fingerprint density at radius 1 is 1.21 bits per heavy atom. The van der Waals surface area contributed by atoms with E-state index in [0.717, 1.165) is 56.7 Å². The second-order valence-corrected chi connectivity index (χ2v) is 7.25. The second kappa shape index (κ2) is 6.82. The van der Waals surface area contributed by atoms with E-state index in [1.54, 1.807) is 0 Å². The fraction of sp³-hybridized carbons (Fsp3) is 0.632. The molecule has 2 atom stereocenters. The summed E-state index contributed by atoms with van der Waals surface area (Å²) in [5.41, 5.74) is 5.03. The maximum absolute atomic E-state index is 5.89. The van der Waals surface area contributed by atoms with E-state index in [1.165, 1.54) is 11.3 Å². The van der Waals surface area contributed by atoms with Crippen LogP contribution in [0.1, 0.15) is 43.9 Å². The zero-order valence-corrected chi connectivity index (χ0v) is 14.6. The van der Waals surface area contributed by atoms with Crippen molar-refractivity contribution in [1.82, 2.24) is 14.9 Å². The van der Waals surface area contributed by atoms with Gasteiger partial charge in [0.2, 0.25) is 0 Å². The van der Waals surface area contributed by atoms with Gasteiger partial charge in [-0.25, -0.2) is 0 Å². The Bertz CT molecular complexity index is 683. The van der Waals surface area contributed by atoms with E-state index in [1.807, 2.05) is 12.3 Å². The molecule has 5 heteroatoms. The van der Waals surface area contributed by atoms with Gasteiger partial charge in [0, 0.05) is 56.2 Å². The number of hydrogen-bond acceptors (Lipinski definition) is 4. The lowest BCUT2D eigenvalue weighted by Gasteiger charge is -2.35. The van der Waals surface area contributed by atoms with E-state index >= 15 is 0 Å². The first-order valence-corrected chi connectivity index (χ1v) is 9.11. The Balaban J connectivity index is 1.67. The highest BCUT2D eigenvalue weighted by atomic mass is 16.5. The van der Waals surface area contributed by atoms with Crippen LogP contribution in [0.15, 0.2) is 18.3 Å². The Kier molecular flexibility index (Phi) is 4.57. The molecule has 2 aromatic heterocycles. The van der Waals surface area contributed by atoms with Crippen LogP contribution in [0.25, 0.3) is 11.0 Å². The minimum absolute atomic E-state index is 0.290. The van der Waals surface area contributed by atoms with Crippen LogP contribution in [0.4, 0.5) is 0 Å². The highest BCUT2D eigenvalue weighted by molar-refractivity contribution is 5.80. The molecule has 5 nitrogen and oxygen atoms in total. The van der Waals surface area contributed by atoms with Gasteiger partial charge in [-0.15, -0.1) is 0 Å². The van der Waals surface area contributed by atoms with Crippen molar-refractivity contribution < 1.29 is 9.47 Å². The predicted molar refractivity (Wildman–Crippen MR) is 94.2 cm³/mol. The molecule has 2 aromatic rings. The fourth-order valence-electron chi connectivity index (χ4n) is 4.23. The maximum Gasteiger partial charge on any atom is 0.0926 e. The van der Waals surface area contributed by atoms with Crippen molar-refractivity contribution in [2.24, 2.45) is 0 Å². The summed E-state index contributed by atoms with van der Waals surface area (Å²) in [7, 11) is 0. The van der Waals surface area contributed by atoms with Gasteiger partial charge in [0.05, 0.1) is 23.2 Å². The molecule has 2 unspecified atom stereocenters. The lowest BCUT2D eigenvalue weighted by Crippen LogP contribution is -2.45. The normalized spacial score (nSPS) is 26.9. The molecule has 2 aliphatic heterocycles. The van der Waals surface area contributed by atoms with Gasteiger partial charge in [-0.05, 0) is 38.8 Å². The zero-order chi connectivity index (χ0) is 16.5. The van der Waals surface area contributed by atoms with E-state index in [9.17, 15) is 0 Å². The third-order valence-electron chi connectivity index (χ3n) is 5.19. The van der Waals surface area contributed by atoms with E-state index < -0.39 is 0 Å². The fourth-order valence-corrected chi connectivity index (χ4v) is 4.23. The average molecular weight is 329 g/mol. The Morgan fingerprint density at radius 2 is 1.96 bits per heavy atom. The smallest absolute Gasteiger partial charge is 0.0926 e. The van der Waals surface area contributed by atoms with Crippen LogP contribution in [0.3, 0.4) is 0 Å². The monoisotopic (exact) mass is 329 g/mol. The average Bonchev–Trinajstić information content (AvgIpc) is 2.94. The van der Waals surface area contributed by atoms with Crippen LogP contribution in [-0.2, 0) is 16.0 Å². The van der Waals surface area contributed by atoms with E-state index in [-0.39, 0.29) is 0 Å². The highest BCUT2D eigenvalue weighted by Gasteiger charge is 2.27. The zero-order valence-electron chi connectivity index (χ0n) is 14.6. The number of fused-ring (bicyclic) bond motifs is 1. The number of aromatic amines is 1. The van der Waals surface area contributed by atoms with Crippen molar-refractivity contribution in [3.05, 3.63) is 29.6 Å². The SMILES string of the molecule is CC1CN(Cc2c(C3CCOCC3)[nH]c3cccnc23)CC(C)O1. The molecule has 1 N–H and O–H groups in total. The van der Waals surface area contributed by atoms with Crippen LogP contribution in [0, 0.1) is 0 Å². The molecule has 0 bridgehead atoms. The van der Waals surface area contributed by atoms with Crippen LogP contribution in [-0.4, -0.2) is 53.4 Å². The van der Waals surface area contributed by atoms with Crippen molar-refractivity contribution in [2.45, 2.75) is 51.4 Å². The molecule has 2 saturated heterocycles. The third-order valence-corrected chi connectivity index (χ3v) is 5.19. The number of H-pyrrole nitrogens is 1. The van der Waals surface area contributed by atoms with Gasteiger partial charge in [0.15, 0.2) is 0 Å². The van der Waals surface area contributed by atoms with Gasteiger partial charge >= 0.3 is 0 Å². The van der Waals surface area contributed by atoms with Crippen molar-refractivity contribution in [3.8, 4) is 0 Å². The first-order valence-electron chi connectivity index (χ1n) is 9.11. The topological polar surface area (TPSA) is 50.4 Å². The summed E-state index contributed by atoms with van der Waals surface area (Å²) in [6.07, 6.45) is 4.67. The van der Waals surface area contributed by atoms with Gasteiger partial charge in [0.25, 0.3) is 0 Å². The van der Waals surface area contributed by atoms with Gasteiger partial charge < -0.3 is 14.5 Å². The molecule has 2 aliphatic rings. The van der Waals surface area contributed by atoms with Crippen molar-refractivity contribution >= 4 is 11.0 Å². The van der Waals surface area contributed by atoms with Gasteiger partial charge in [-0.3, -0.25) is 9.88 Å². The number of ether oxygens (including phenoxy) is 2. The molecule has 0 amide bonds. The van der Waals surface area contributed by atoms with Gasteiger partial charge in [0.1, 0.15) is 0 Å². The molecule has 2 fully saturated rings. The summed E-state index contributed by atoms with van der Waals surface area (Å²) in [6, 6.07) is 4.15.